The predicted molar refractivity (Wildman–Crippen MR) is 87.6 cm³/mol. The fraction of sp³-hybridized carbons (Fsp3) is 0.0625. The number of hydrogen-bond donors (Lipinski definition) is 2. The van der Waals surface area contributed by atoms with Gasteiger partial charge in [-0.05, 0) is 12.1 Å². The third-order valence-electron chi connectivity index (χ3n) is 2.93. The van der Waals surface area contributed by atoms with Crippen molar-refractivity contribution in [3.05, 3.63) is 75.8 Å². The number of rotatable bonds is 6. The van der Waals surface area contributed by atoms with Crippen molar-refractivity contribution in [3.8, 4) is 0 Å². The van der Waals surface area contributed by atoms with Crippen LogP contribution in [0.3, 0.4) is 0 Å². The molecule has 122 valence electrons. The molecule has 0 unspecified atom stereocenters. The van der Waals surface area contributed by atoms with Crippen molar-refractivity contribution in [2.45, 2.75) is 0 Å². The van der Waals surface area contributed by atoms with Crippen molar-refractivity contribution in [1.29, 1.82) is 0 Å². The van der Waals surface area contributed by atoms with Crippen molar-refractivity contribution in [3.63, 3.8) is 0 Å². The Morgan fingerprint density at radius 1 is 1.12 bits per heavy atom. The Hall–Kier alpha value is -3.55. The molecule has 0 aliphatic heterocycles. The molecule has 0 heterocycles. The third-order valence-corrected chi connectivity index (χ3v) is 2.93. The van der Waals surface area contributed by atoms with Gasteiger partial charge in [0.1, 0.15) is 0 Å². The molecule has 0 saturated carbocycles. The standard InChI is InChI=1S/C16H14N4O4/c21-15(11-17-16(22)13-6-2-1-3-7-13)19-18-10-12-5-4-8-14(9-12)20(23)24/h1-10H,11H2,(H,17,22)(H,19,21)/b18-10-. The van der Waals surface area contributed by atoms with E-state index in [2.05, 4.69) is 15.8 Å². The predicted octanol–water partition coefficient (Wildman–Crippen LogP) is 1.47. The minimum Gasteiger partial charge on any atom is -0.343 e. The smallest absolute Gasteiger partial charge is 0.270 e. The third kappa shape index (κ3) is 5.02. The lowest BCUT2D eigenvalue weighted by Crippen LogP contribution is -2.34. The van der Waals surface area contributed by atoms with Gasteiger partial charge in [0.25, 0.3) is 17.5 Å². The number of hydrazone groups is 1. The number of nitrogens with one attached hydrogen (secondary N) is 2. The number of nitrogens with zero attached hydrogens (tertiary/aromatic N) is 2. The van der Waals surface area contributed by atoms with Crippen LogP contribution in [-0.2, 0) is 4.79 Å². The molecule has 8 nitrogen and oxygen atoms in total. The summed E-state index contributed by atoms with van der Waals surface area (Å²) in [6.07, 6.45) is 1.28. The first-order valence-corrected chi connectivity index (χ1v) is 6.96. The van der Waals surface area contributed by atoms with Gasteiger partial charge in [-0.3, -0.25) is 19.7 Å². The number of amides is 2. The summed E-state index contributed by atoms with van der Waals surface area (Å²) in [6, 6.07) is 14.3. The maximum atomic E-state index is 11.8. The van der Waals surface area contributed by atoms with Gasteiger partial charge in [0.05, 0.1) is 17.7 Å². The van der Waals surface area contributed by atoms with Gasteiger partial charge in [0.2, 0.25) is 0 Å². The van der Waals surface area contributed by atoms with Crippen molar-refractivity contribution < 1.29 is 14.5 Å². The van der Waals surface area contributed by atoms with E-state index in [1.165, 1.54) is 24.4 Å². The van der Waals surface area contributed by atoms with Crippen molar-refractivity contribution >= 4 is 23.7 Å². The number of hydrogen-bond acceptors (Lipinski definition) is 5. The van der Waals surface area contributed by atoms with E-state index in [0.717, 1.165) is 0 Å². The van der Waals surface area contributed by atoms with Gasteiger partial charge in [0, 0.05) is 23.3 Å². The second-order valence-electron chi connectivity index (χ2n) is 4.69. The monoisotopic (exact) mass is 326 g/mol. The van der Waals surface area contributed by atoms with Crippen LogP contribution in [0.1, 0.15) is 15.9 Å². The van der Waals surface area contributed by atoms with E-state index in [9.17, 15) is 19.7 Å². The second-order valence-corrected chi connectivity index (χ2v) is 4.69. The Labute approximate surface area is 137 Å². The van der Waals surface area contributed by atoms with E-state index >= 15 is 0 Å². The highest BCUT2D eigenvalue weighted by atomic mass is 16.6. The molecule has 2 rings (SSSR count). The molecule has 0 atom stereocenters. The van der Waals surface area contributed by atoms with Crippen LogP contribution >= 0.6 is 0 Å². The molecule has 0 spiro atoms. The van der Waals surface area contributed by atoms with E-state index in [-0.39, 0.29) is 18.1 Å². The normalized spacial score (nSPS) is 10.3. The summed E-state index contributed by atoms with van der Waals surface area (Å²) in [5.41, 5.74) is 3.08. The van der Waals surface area contributed by atoms with Crippen LogP contribution in [-0.4, -0.2) is 29.5 Å². The molecular weight excluding hydrogens is 312 g/mol. The van der Waals surface area contributed by atoms with Gasteiger partial charge in [-0.1, -0.05) is 30.3 Å². The first kappa shape index (κ1) is 16.8. The van der Waals surface area contributed by atoms with Gasteiger partial charge in [-0.2, -0.15) is 5.10 Å². The van der Waals surface area contributed by atoms with Crippen LogP contribution in [0.2, 0.25) is 0 Å². The topological polar surface area (TPSA) is 114 Å². The van der Waals surface area contributed by atoms with Gasteiger partial charge in [-0.15, -0.1) is 0 Å². The molecular formula is C16H14N4O4. The number of carbonyl (C=O) groups excluding carboxylic acids is 2. The SMILES string of the molecule is O=C(CNC(=O)c1ccccc1)N/N=C\c1cccc([N+](=O)[O-])c1. The van der Waals surface area contributed by atoms with Crippen molar-refractivity contribution in [2.24, 2.45) is 5.10 Å². The number of non-ortho nitro benzene ring substituents is 1. The van der Waals surface area contributed by atoms with Crippen LogP contribution < -0.4 is 10.7 Å². The number of nitro groups is 1. The lowest BCUT2D eigenvalue weighted by Gasteiger charge is -2.03. The Morgan fingerprint density at radius 3 is 2.58 bits per heavy atom. The summed E-state index contributed by atoms with van der Waals surface area (Å²) in [4.78, 5) is 33.5. The summed E-state index contributed by atoms with van der Waals surface area (Å²) in [7, 11) is 0. The van der Waals surface area contributed by atoms with Crippen LogP contribution in [0.15, 0.2) is 59.7 Å². The molecule has 8 heteroatoms. The van der Waals surface area contributed by atoms with Crippen molar-refractivity contribution in [1.82, 2.24) is 10.7 Å². The van der Waals surface area contributed by atoms with E-state index in [0.29, 0.717) is 11.1 Å². The Bertz CT molecular complexity index is 775. The van der Waals surface area contributed by atoms with Crippen molar-refractivity contribution in [2.75, 3.05) is 6.54 Å². The molecule has 2 aromatic rings. The number of carbonyl (C=O) groups is 2. The summed E-state index contributed by atoms with van der Waals surface area (Å²) in [5, 5.41) is 16.8. The quantitative estimate of drug-likeness (QED) is 0.475. The summed E-state index contributed by atoms with van der Waals surface area (Å²) in [6.45, 7) is -0.236. The summed E-state index contributed by atoms with van der Waals surface area (Å²) >= 11 is 0. The fourth-order valence-electron chi connectivity index (χ4n) is 1.79. The van der Waals surface area contributed by atoms with Crippen LogP contribution in [0.4, 0.5) is 5.69 Å². The first-order valence-electron chi connectivity index (χ1n) is 6.96. The van der Waals surface area contributed by atoms with Crippen LogP contribution in [0, 0.1) is 10.1 Å². The van der Waals surface area contributed by atoms with E-state index < -0.39 is 10.8 Å². The maximum absolute atomic E-state index is 11.8. The van der Waals surface area contributed by atoms with E-state index in [1.54, 1.807) is 36.4 Å². The zero-order chi connectivity index (χ0) is 17.4. The second kappa shape index (κ2) is 8.18. The van der Waals surface area contributed by atoms with Gasteiger partial charge in [-0.25, -0.2) is 5.43 Å². The molecule has 0 aliphatic rings. The molecule has 2 aromatic carbocycles. The molecule has 0 saturated heterocycles. The zero-order valence-electron chi connectivity index (χ0n) is 12.5. The van der Waals surface area contributed by atoms with Gasteiger partial charge < -0.3 is 5.32 Å². The van der Waals surface area contributed by atoms with E-state index in [1.807, 2.05) is 0 Å². The minimum atomic E-state index is -0.519. The molecule has 0 aliphatic carbocycles. The highest BCUT2D eigenvalue weighted by molar-refractivity contribution is 5.96. The minimum absolute atomic E-state index is 0.0691. The van der Waals surface area contributed by atoms with Crippen LogP contribution in [0.5, 0.6) is 0 Å². The Balaban J connectivity index is 1.82. The molecule has 0 bridgehead atoms. The molecule has 24 heavy (non-hydrogen) atoms. The molecule has 0 aromatic heterocycles. The van der Waals surface area contributed by atoms with Gasteiger partial charge in [0.15, 0.2) is 0 Å². The first-order chi connectivity index (χ1) is 11.6. The van der Waals surface area contributed by atoms with Gasteiger partial charge >= 0.3 is 0 Å². The highest BCUT2D eigenvalue weighted by Crippen LogP contribution is 2.11. The Morgan fingerprint density at radius 2 is 1.88 bits per heavy atom. The largest absolute Gasteiger partial charge is 0.343 e. The average molecular weight is 326 g/mol. The number of nitro benzene ring substituents is 1. The molecule has 0 fully saturated rings. The Kier molecular flexibility index (Phi) is 5.73. The lowest BCUT2D eigenvalue weighted by molar-refractivity contribution is -0.384. The average Bonchev–Trinajstić information content (AvgIpc) is 2.60. The molecule has 2 N–H and O–H groups in total. The zero-order valence-corrected chi connectivity index (χ0v) is 12.5. The molecule has 2 amide bonds. The summed E-state index contributed by atoms with van der Waals surface area (Å²) < 4.78 is 0. The lowest BCUT2D eigenvalue weighted by atomic mass is 10.2. The molecule has 0 radical (unpaired) electrons. The van der Waals surface area contributed by atoms with Crippen LogP contribution in [0.25, 0.3) is 0 Å². The van der Waals surface area contributed by atoms with E-state index in [4.69, 9.17) is 0 Å². The maximum Gasteiger partial charge on any atom is 0.270 e. The fourth-order valence-corrected chi connectivity index (χ4v) is 1.79. The summed E-state index contributed by atoms with van der Waals surface area (Å²) in [5.74, 6) is -0.880. The number of benzene rings is 2. The highest BCUT2D eigenvalue weighted by Gasteiger charge is 2.07.